The molecule has 36 heavy (non-hydrogen) atoms. The normalized spacial score (nSPS) is 11.9. The second-order valence-electron chi connectivity index (χ2n) is 9.56. The van der Waals surface area contributed by atoms with Crippen molar-refractivity contribution in [3.63, 3.8) is 0 Å². The molecule has 0 bridgehead atoms. The topological polar surface area (TPSA) is 67.9 Å². The fourth-order valence-corrected chi connectivity index (χ4v) is 3.82. The zero-order chi connectivity index (χ0) is 26.1. The number of amides is 2. The molecule has 1 atom stereocenters. The van der Waals surface area contributed by atoms with Crippen LogP contribution in [0.25, 0.3) is 0 Å². The highest BCUT2D eigenvalue weighted by Crippen LogP contribution is 2.20. The van der Waals surface area contributed by atoms with Crippen LogP contribution in [0.4, 0.5) is 0 Å². The molecule has 0 fully saturated rings. The number of nitrogens with one attached hydrogen (secondary N) is 1. The van der Waals surface area contributed by atoms with Gasteiger partial charge in [0.1, 0.15) is 17.5 Å². The molecule has 0 aliphatic rings. The van der Waals surface area contributed by atoms with Gasteiger partial charge in [0.25, 0.3) is 5.91 Å². The minimum atomic E-state index is -0.741. The molecule has 0 saturated carbocycles. The van der Waals surface area contributed by atoms with Crippen molar-refractivity contribution < 1.29 is 19.1 Å². The highest BCUT2D eigenvalue weighted by Gasteiger charge is 2.32. The lowest BCUT2D eigenvalue weighted by Gasteiger charge is -2.33. The fourth-order valence-electron chi connectivity index (χ4n) is 3.69. The summed E-state index contributed by atoms with van der Waals surface area (Å²) in [5, 5.41) is 3.65. The summed E-state index contributed by atoms with van der Waals surface area (Å²) in [6, 6.07) is 23.2. The number of carbonyl (C=O) groups excluding carboxylic acids is 2. The van der Waals surface area contributed by atoms with Crippen molar-refractivity contribution in [2.24, 2.45) is 0 Å². The van der Waals surface area contributed by atoms with E-state index in [-0.39, 0.29) is 25.0 Å². The van der Waals surface area contributed by atoms with Crippen molar-refractivity contribution in [2.75, 3.05) is 13.7 Å². The maximum absolute atomic E-state index is 13.6. The molecule has 2 amide bonds. The third-order valence-electron chi connectivity index (χ3n) is 5.46. The summed E-state index contributed by atoms with van der Waals surface area (Å²) in [6.07, 6.45) is 0.366. The van der Waals surface area contributed by atoms with Gasteiger partial charge >= 0.3 is 0 Å². The molecule has 0 spiro atoms. The highest BCUT2D eigenvalue weighted by molar-refractivity contribution is 6.30. The number of hydrogen-bond acceptors (Lipinski definition) is 4. The molecule has 0 heterocycles. The van der Waals surface area contributed by atoms with Gasteiger partial charge in [-0.2, -0.15) is 0 Å². The molecule has 0 saturated heterocycles. The van der Waals surface area contributed by atoms with Crippen molar-refractivity contribution >= 4 is 23.4 Å². The Balaban J connectivity index is 1.90. The van der Waals surface area contributed by atoms with Gasteiger partial charge in [-0.3, -0.25) is 9.59 Å². The van der Waals surface area contributed by atoms with Crippen molar-refractivity contribution in [3.8, 4) is 11.5 Å². The molecule has 3 aromatic rings. The minimum absolute atomic E-state index is 0.214. The number of carbonyl (C=O) groups is 2. The van der Waals surface area contributed by atoms with Crippen LogP contribution in [0.5, 0.6) is 11.5 Å². The smallest absolute Gasteiger partial charge is 0.261 e. The highest BCUT2D eigenvalue weighted by atomic mass is 35.5. The molecular formula is C29H33ClN2O4. The Morgan fingerprint density at radius 3 is 2.08 bits per heavy atom. The predicted molar refractivity (Wildman–Crippen MR) is 142 cm³/mol. The predicted octanol–water partition coefficient (Wildman–Crippen LogP) is 5.28. The van der Waals surface area contributed by atoms with Crippen LogP contribution in [0.1, 0.15) is 31.9 Å². The molecule has 6 nitrogen and oxygen atoms in total. The van der Waals surface area contributed by atoms with Crippen molar-refractivity contribution in [2.45, 2.75) is 45.3 Å². The van der Waals surface area contributed by atoms with Crippen LogP contribution in [-0.4, -0.2) is 42.0 Å². The summed E-state index contributed by atoms with van der Waals surface area (Å²) in [5.74, 6) is 0.707. The number of rotatable bonds is 10. The SMILES string of the molecule is COc1ccc(OCC(=O)N(Cc2ccc(Cl)cc2)[C@@H](Cc2ccccc2)C(=O)NC(C)(C)C)cc1. The number of halogens is 1. The summed E-state index contributed by atoms with van der Waals surface area (Å²) in [4.78, 5) is 28.7. The standard InChI is InChI=1S/C29H33ClN2O4/c1-29(2,3)31-28(34)26(18-21-8-6-5-7-9-21)32(19-22-10-12-23(30)13-11-22)27(33)20-36-25-16-14-24(35-4)15-17-25/h5-17,26H,18-20H2,1-4H3,(H,31,34)/t26-/m0/s1. The van der Waals surface area contributed by atoms with Crippen molar-refractivity contribution in [1.82, 2.24) is 10.2 Å². The lowest BCUT2D eigenvalue weighted by Crippen LogP contribution is -2.55. The zero-order valence-corrected chi connectivity index (χ0v) is 21.9. The molecule has 190 valence electrons. The Kier molecular flexibility index (Phi) is 9.37. The number of hydrogen-bond donors (Lipinski definition) is 1. The number of nitrogens with zero attached hydrogens (tertiary/aromatic N) is 1. The Bertz CT molecular complexity index is 1130. The average Bonchev–Trinajstić information content (AvgIpc) is 2.85. The van der Waals surface area contributed by atoms with Crippen LogP contribution in [0.3, 0.4) is 0 Å². The molecule has 0 aromatic heterocycles. The van der Waals surface area contributed by atoms with E-state index in [0.717, 1.165) is 11.1 Å². The average molecular weight is 509 g/mol. The number of benzene rings is 3. The van der Waals surface area contributed by atoms with E-state index in [4.69, 9.17) is 21.1 Å². The molecule has 0 aliphatic heterocycles. The first-order valence-corrected chi connectivity index (χ1v) is 12.2. The van der Waals surface area contributed by atoms with Gasteiger partial charge in [0.2, 0.25) is 5.91 Å². The molecule has 3 aromatic carbocycles. The lowest BCUT2D eigenvalue weighted by atomic mass is 10.0. The van der Waals surface area contributed by atoms with E-state index < -0.39 is 11.6 Å². The van der Waals surface area contributed by atoms with Crippen LogP contribution in [-0.2, 0) is 22.6 Å². The Morgan fingerprint density at radius 2 is 1.50 bits per heavy atom. The van der Waals surface area contributed by atoms with Gasteiger partial charge in [0.15, 0.2) is 6.61 Å². The first-order valence-electron chi connectivity index (χ1n) is 11.8. The molecular weight excluding hydrogens is 476 g/mol. The summed E-state index contributed by atoms with van der Waals surface area (Å²) in [5.41, 5.74) is 1.36. The molecule has 0 radical (unpaired) electrons. The van der Waals surface area contributed by atoms with E-state index in [1.165, 1.54) is 0 Å². The van der Waals surface area contributed by atoms with E-state index in [0.29, 0.717) is 22.9 Å². The monoisotopic (exact) mass is 508 g/mol. The maximum Gasteiger partial charge on any atom is 0.261 e. The Morgan fingerprint density at radius 1 is 0.889 bits per heavy atom. The number of ether oxygens (including phenoxy) is 2. The summed E-state index contributed by atoms with van der Waals surface area (Å²) in [6.45, 7) is 5.78. The number of methoxy groups -OCH3 is 1. The van der Waals surface area contributed by atoms with E-state index in [1.807, 2.05) is 63.2 Å². The molecule has 0 aliphatic carbocycles. The minimum Gasteiger partial charge on any atom is -0.497 e. The van der Waals surface area contributed by atoms with Gasteiger partial charge in [0, 0.05) is 23.5 Å². The van der Waals surface area contributed by atoms with Gasteiger partial charge in [0.05, 0.1) is 7.11 Å². The van der Waals surface area contributed by atoms with Crippen LogP contribution < -0.4 is 14.8 Å². The quantitative estimate of drug-likeness (QED) is 0.404. The van der Waals surface area contributed by atoms with Crippen molar-refractivity contribution in [1.29, 1.82) is 0 Å². The van der Waals surface area contributed by atoms with Crippen LogP contribution in [0, 0.1) is 0 Å². The van der Waals surface area contributed by atoms with E-state index >= 15 is 0 Å². The second kappa shape index (κ2) is 12.5. The second-order valence-corrected chi connectivity index (χ2v) is 9.99. The lowest BCUT2D eigenvalue weighted by molar-refractivity contribution is -0.143. The fraction of sp³-hybridized carbons (Fsp3) is 0.310. The summed E-state index contributed by atoms with van der Waals surface area (Å²) in [7, 11) is 1.59. The first kappa shape index (κ1) is 27.1. The van der Waals surface area contributed by atoms with Gasteiger partial charge in [-0.05, 0) is 68.3 Å². The Hall–Kier alpha value is -3.51. The van der Waals surface area contributed by atoms with Crippen LogP contribution >= 0.6 is 11.6 Å². The molecule has 1 N–H and O–H groups in total. The zero-order valence-electron chi connectivity index (χ0n) is 21.2. The molecule has 7 heteroatoms. The Labute approximate surface area is 218 Å². The molecule has 0 unspecified atom stereocenters. The van der Waals surface area contributed by atoms with Gasteiger partial charge in [-0.1, -0.05) is 54.1 Å². The summed E-state index contributed by atoms with van der Waals surface area (Å²) < 4.78 is 11.0. The van der Waals surface area contributed by atoms with E-state index in [1.54, 1.807) is 48.4 Å². The van der Waals surface area contributed by atoms with E-state index in [2.05, 4.69) is 5.32 Å². The third-order valence-corrected chi connectivity index (χ3v) is 5.71. The van der Waals surface area contributed by atoms with Crippen LogP contribution in [0.15, 0.2) is 78.9 Å². The van der Waals surface area contributed by atoms with Crippen LogP contribution in [0.2, 0.25) is 5.02 Å². The third kappa shape index (κ3) is 8.31. The molecule has 3 rings (SSSR count). The summed E-state index contributed by atoms with van der Waals surface area (Å²) >= 11 is 6.07. The van der Waals surface area contributed by atoms with Gasteiger partial charge in [-0.15, -0.1) is 0 Å². The van der Waals surface area contributed by atoms with E-state index in [9.17, 15) is 9.59 Å². The first-order chi connectivity index (χ1) is 17.1. The van der Waals surface area contributed by atoms with Gasteiger partial charge < -0.3 is 19.7 Å². The van der Waals surface area contributed by atoms with Crippen molar-refractivity contribution in [3.05, 3.63) is 95.0 Å². The van der Waals surface area contributed by atoms with Gasteiger partial charge in [-0.25, -0.2) is 0 Å². The largest absolute Gasteiger partial charge is 0.497 e. The maximum atomic E-state index is 13.6.